The van der Waals surface area contributed by atoms with E-state index in [0.717, 1.165) is 32.4 Å². The summed E-state index contributed by atoms with van der Waals surface area (Å²) in [7, 11) is 0. The van der Waals surface area contributed by atoms with Crippen LogP contribution in [0.2, 0.25) is 0 Å². The Hall–Kier alpha value is -2.15. The van der Waals surface area contributed by atoms with Gasteiger partial charge in [0.15, 0.2) is 0 Å². The van der Waals surface area contributed by atoms with Crippen molar-refractivity contribution in [1.29, 1.82) is 0 Å². The second-order valence-electron chi connectivity index (χ2n) is 7.43. The molecule has 28 heavy (non-hydrogen) atoms. The van der Waals surface area contributed by atoms with E-state index in [1.165, 1.54) is 38.5 Å². The highest BCUT2D eigenvalue weighted by Gasteiger charge is 2.20. The van der Waals surface area contributed by atoms with Gasteiger partial charge in [0.05, 0.1) is 12.1 Å². The van der Waals surface area contributed by atoms with Crippen LogP contribution in [0.4, 0.5) is 4.79 Å². The molecule has 1 unspecified atom stereocenters. The fraction of sp³-hybridized carbons (Fsp3) is 0.667. The molecule has 0 spiro atoms. The molecule has 0 radical (unpaired) electrons. The first-order valence-corrected chi connectivity index (χ1v) is 10.5. The van der Waals surface area contributed by atoms with Gasteiger partial charge in [0.1, 0.15) is 6.61 Å². The van der Waals surface area contributed by atoms with Crippen molar-refractivity contribution in [2.45, 2.75) is 63.8 Å². The van der Waals surface area contributed by atoms with Crippen molar-refractivity contribution in [3.05, 3.63) is 30.1 Å². The second kappa shape index (κ2) is 13.1. The van der Waals surface area contributed by atoms with Crippen LogP contribution in [-0.2, 0) is 4.74 Å². The van der Waals surface area contributed by atoms with Crippen LogP contribution in [0.25, 0.3) is 0 Å². The van der Waals surface area contributed by atoms with Gasteiger partial charge in [-0.3, -0.25) is 9.78 Å². The molecule has 1 fully saturated rings. The standard InChI is InChI=1S/C21H34N4O3/c22-19(17-24-20(26)18-10-9-12-23-16-18)11-7-5-3-1-2-4-6-8-13-25-14-15-28-21(25)27/h9-10,12,16,19H,1-8,11,13-15,17,22H2,(H,24,26). The SMILES string of the molecule is NC(CCCCCCCCCCN1CCOC1=O)CNC(=O)c1cccnc1. The fourth-order valence-electron chi connectivity index (χ4n) is 3.32. The van der Waals surface area contributed by atoms with Crippen LogP contribution < -0.4 is 11.1 Å². The first-order valence-electron chi connectivity index (χ1n) is 10.5. The molecule has 2 amide bonds. The number of nitrogens with zero attached hydrogens (tertiary/aromatic N) is 2. The van der Waals surface area contributed by atoms with Gasteiger partial charge in [0.25, 0.3) is 5.91 Å². The average Bonchev–Trinajstić information content (AvgIpc) is 3.13. The number of unbranched alkanes of at least 4 members (excludes halogenated alkanes) is 7. The molecule has 0 saturated carbocycles. The third kappa shape index (κ3) is 8.69. The van der Waals surface area contributed by atoms with Gasteiger partial charge in [0.2, 0.25) is 0 Å². The highest BCUT2D eigenvalue weighted by Crippen LogP contribution is 2.12. The topological polar surface area (TPSA) is 97.5 Å². The zero-order chi connectivity index (χ0) is 20.0. The number of ether oxygens (including phenoxy) is 1. The Morgan fingerprint density at radius 2 is 1.89 bits per heavy atom. The summed E-state index contributed by atoms with van der Waals surface area (Å²) in [5.41, 5.74) is 6.66. The molecule has 2 rings (SSSR count). The Morgan fingerprint density at radius 1 is 1.18 bits per heavy atom. The zero-order valence-corrected chi connectivity index (χ0v) is 16.8. The van der Waals surface area contributed by atoms with Crippen molar-refractivity contribution >= 4 is 12.0 Å². The predicted molar refractivity (Wildman–Crippen MR) is 109 cm³/mol. The first-order chi connectivity index (χ1) is 13.7. The Balaban J connectivity index is 1.37. The molecular formula is C21H34N4O3. The van der Waals surface area contributed by atoms with Gasteiger partial charge >= 0.3 is 6.09 Å². The number of rotatable bonds is 14. The van der Waals surface area contributed by atoms with Crippen molar-refractivity contribution in [2.24, 2.45) is 5.73 Å². The molecule has 7 nitrogen and oxygen atoms in total. The zero-order valence-electron chi connectivity index (χ0n) is 16.8. The molecule has 7 heteroatoms. The third-order valence-corrected chi connectivity index (χ3v) is 5.05. The molecule has 0 aromatic carbocycles. The number of hydrogen-bond donors (Lipinski definition) is 2. The summed E-state index contributed by atoms with van der Waals surface area (Å²) in [5.74, 6) is -0.120. The monoisotopic (exact) mass is 390 g/mol. The number of amides is 2. The van der Waals surface area contributed by atoms with Crippen molar-refractivity contribution < 1.29 is 14.3 Å². The van der Waals surface area contributed by atoms with E-state index in [-0.39, 0.29) is 18.0 Å². The minimum atomic E-state index is -0.158. The van der Waals surface area contributed by atoms with Crippen LogP contribution in [0.5, 0.6) is 0 Å². The largest absolute Gasteiger partial charge is 0.448 e. The Morgan fingerprint density at radius 3 is 2.54 bits per heavy atom. The lowest BCUT2D eigenvalue weighted by Gasteiger charge is -2.13. The summed E-state index contributed by atoms with van der Waals surface area (Å²) in [4.78, 5) is 29.0. The van der Waals surface area contributed by atoms with Crippen LogP contribution in [0.3, 0.4) is 0 Å². The number of hydrogen-bond acceptors (Lipinski definition) is 5. The molecule has 2 heterocycles. The minimum Gasteiger partial charge on any atom is -0.448 e. The van der Waals surface area contributed by atoms with Gasteiger partial charge < -0.3 is 20.7 Å². The van der Waals surface area contributed by atoms with Crippen molar-refractivity contribution in [1.82, 2.24) is 15.2 Å². The van der Waals surface area contributed by atoms with Gasteiger partial charge in [-0.2, -0.15) is 0 Å². The Kier molecular flexibility index (Phi) is 10.4. The molecule has 1 atom stereocenters. The molecule has 156 valence electrons. The molecule has 1 aliphatic heterocycles. The normalized spacial score (nSPS) is 14.8. The quantitative estimate of drug-likeness (QED) is 0.476. The van der Waals surface area contributed by atoms with E-state index >= 15 is 0 Å². The average molecular weight is 391 g/mol. The maximum Gasteiger partial charge on any atom is 0.409 e. The van der Waals surface area contributed by atoms with Gasteiger partial charge in [-0.15, -0.1) is 0 Å². The number of nitrogens with one attached hydrogen (secondary N) is 1. The van der Waals surface area contributed by atoms with Crippen LogP contribution >= 0.6 is 0 Å². The van der Waals surface area contributed by atoms with E-state index in [1.54, 1.807) is 29.4 Å². The number of pyridine rings is 1. The van der Waals surface area contributed by atoms with Gasteiger partial charge in [-0.25, -0.2) is 4.79 Å². The highest BCUT2D eigenvalue weighted by molar-refractivity contribution is 5.93. The third-order valence-electron chi connectivity index (χ3n) is 5.05. The predicted octanol–water partition coefficient (Wildman–Crippen LogP) is 3.10. The number of nitrogens with two attached hydrogens (primary N) is 1. The summed E-state index contributed by atoms with van der Waals surface area (Å²) >= 11 is 0. The summed E-state index contributed by atoms with van der Waals surface area (Å²) in [6.45, 7) is 2.61. The Bertz CT molecular complexity index is 582. The molecule has 0 bridgehead atoms. The lowest BCUT2D eigenvalue weighted by atomic mass is 10.0. The van der Waals surface area contributed by atoms with Crippen molar-refractivity contribution in [3.63, 3.8) is 0 Å². The van der Waals surface area contributed by atoms with E-state index in [0.29, 0.717) is 18.7 Å². The first kappa shape index (κ1) is 22.1. The molecule has 1 aliphatic rings. The lowest BCUT2D eigenvalue weighted by Crippen LogP contribution is -2.37. The fourth-order valence-corrected chi connectivity index (χ4v) is 3.32. The number of cyclic esters (lactones) is 1. The summed E-state index contributed by atoms with van der Waals surface area (Å²) < 4.78 is 4.92. The summed E-state index contributed by atoms with van der Waals surface area (Å²) in [6.07, 6.45) is 13.4. The van der Waals surface area contributed by atoms with E-state index in [2.05, 4.69) is 10.3 Å². The highest BCUT2D eigenvalue weighted by atomic mass is 16.6. The maximum absolute atomic E-state index is 11.9. The van der Waals surface area contributed by atoms with Crippen LogP contribution in [0, 0.1) is 0 Å². The van der Waals surface area contributed by atoms with E-state index in [9.17, 15) is 9.59 Å². The molecule has 1 saturated heterocycles. The number of carbonyl (C=O) groups is 2. The van der Waals surface area contributed by atoms with Crippen LogP contribution in [0.1, 0.15) is 68.1 Å². The maximum atomic E-state index is 11.9. The van der Waals surface area contributed by atoms with Crippen LogP contribution in [-0.4, -0.2) is 54.2 Å². The summed E-state index contributed by atoms with van der Waals surface area (Å²) in [5, 5.41) is 2.87. The smallest absolute Gasteiger partial charge is 0.409 e. The van der Waals surface area contributed by atoms with E-state index in [4.69, 9.17) is 10.5 Å². The molecule has 3 N–H and O–H groups in total. The molecule has 1 aromatic heterocycles. The van der Waals surface area contributed by atoms with Crippen LogP contribution in [0.15, 0.2) is 24.5 Å². The molecule has 1 aromatic rings. The van der Waals surface area contributed by atoms with E-state index in [1.807, 2.05) is 0 Å². The number of carbonyl (C=O) groups excluding carboxylic acids is 2. The number of aromatic nitrogens is 1. The lowest BCUT2D eigenvalue weighted by molar-refractivity contribution is 0.0950. The summed E-state index contributed by atoms with van der Waals surface area (Å²) in [6, 6.07) is 3.49. The minimum absolute atomic E-state index is 0.00195. The van der Waals surface area contributed by atoms with Gasteiger partial charge in [-0.05, 0) is 25.0 Å². The Labute approximate surface area is 168 Å². The second-order valence-corrected chi connectivity index (χ2v) is 7.43. The van der Waals surface area contributed by atoms with Gasteiger partial charge in [0, 0.05) is 31.5 Å². The molecular weight excluding hydrogens is 356 g/mol. The van der Waals surface area contributed by atoms with Gasteiger partial charge in [-0.1, -0.05) is 44.9 Å². The van der Waals surface area contributed by atoms with E-state index < -0.39 is 0 Å². The van der Waals surface area contributed by atoms with Crippen molar-refractivity contribution in [2.75, 3.05) is 26.2 Å². The van der Waals surface area contributed by atoms with Crippen molar-refractivity contribution in [3.8, 4) is 0 Å². The molecule has 0 aliphatic carbocycles.